The van der Waals surface area contributed by atoms with Crippen LogP contribution in [0.3, 0.4) is 0 Å². The number of amides is 1. The molecule has 2 aliphatic heterocycles. The molecule has 32 heavy (non-hydrogen) atoms. The van der Waals surface area contributed by atoms with Gasteiger partial charge >= 0.3 is 0 Å². The minimum absolute atomic E-state index is 0.200. The van der Waals surface area contributed by atoms with Gasteiger partial charge in [-0.25, -0.2) is 0 Å². The van der Waals surface area contributed by atoms with E-state index in [1.807, 2.05) is 13.0 Å². The van der Waals surface area contributed by atoms with Gasteiger partial charge in [-0.3, -0.25) is 9.59 Å². The molecule has 0 saturated carbocycles. The summed E-state index contributed by atoms with van der Waals surface area (Å²) in [4.78, 5) is 28.4. The Kier molecular flexibility index (Phi) is 5.40. The second-order valence-corrected chi connectivity index (χ2v) is 7.94. The number of benzene rings is 2. The Hall–Kier alpha value is -3.23. The highest BCUT2D eigenvalue weighted by Gasteiger charge is 2.41. The van der Waals surface area contributed by atoms with E-state index in [2.05, 4.69) is 5.10 Å². The summed E-state index contributed by atoms with van der Waals surface area (Å²) in [6.07, 6.45) is 1.24. The molecule has 8 nitrogen and oxygen atoms in total. The SMILES string of the molecule is CCOc1ccc(-n2nc(C(=O)N3CCC4(CC3)OCCO4)c3ccccc3c2=O)cc1. The third-order valence-corrected chi connectivity index (χ3v) is 6.03. The predicted molar refractivity (Wildman–Crippen MR) is 118 cm³/mol. The standard InChI is InChI=1S/C24H25N3O5/c1-2-30-18-9-7-17(8-10-18)27-22(28)20-6-4-3-5-19(20)21(25-27)23(29)26-13-11-24(12-14-26)31-15-16-32-24/h3-10H,2,11-16H2,1H3. The molecule has 1 spiro atoms. The Bertz CT molecular complexity index is 1190. The molecule has 0 atom stereocenters. The molecule has 2 fully saturated rings. The lowest BCUT2D eigenvalue weighted by Crippen LogP contribution is -2.47. The fourth-order valence-corrected chi connectivity index (χ4v) is 4.36. The molecule has 8 heteroatoms. The van der Waals surface area contributed by atoms with E-state index in [9.17, 15) is 9.59 Å². The van der Waals surface area contributed by atoms with Gasteiger partial charge in [0.15, 0.2) is 11.5 Å². The monoisotopic (exact) mass is 435 g/mol. The number of hydrogen-bond acceptors (Lipinski definition) is 6. The molecule has 0 aliphatic carbocycles. The number of carbonyl (C=O) groups excluding carboxylic acids is 1. The van der Waals surface area contributed by atoms with E-state index in [1.165, 1.54) is 4.68 Å². The summed E-state index contributed by atoms with van der Waals surface area (Å²) in [6, 6.07) is 14.2. The Labute approximate surface area is 185 Å². The van der Waals surface area contributed by atoms with Crippen molar-refractivity contribution in [3.05, 3.63) is 64.6 Å². The summed E-state index contributed by atoms with van der Waals surface area (Å²) in [6.45, 7) is 4.67. The van der Waals surface area contributed by atoms with Crippen molar-refractivity contribution in [2.75, 3.05) is 32.9 Å². The van der Waals surface area contributed by atoms with Crippen molar-refractivity contribution in [2.45, 2.75) is 25.6 Å². The first-order chi connectivity index (χ1) is 15.6. The molecule has 2 aromatic carbocycles. The van der Waals surface area contributed by atoms with Crippen LogP contribution in [0.15, 0.2) is 53.3 Å². The van der Waals surface area contributed by atoms with E-state index in [4.69, 9.17) is 14.2 Å². The Morgan fingerprint density at radius 2 is 1.69 bits per heavy atom. The van der Waals surface area contributed by atoms with Crippen LogP contribution in [0.25, 0.3) is 16.5 Å². The fraction of sp³-hybridized carbons (Fsp3) is 0.375. The second kappa shape index (κ2) is 8.37. The lowest BCUT2D eigenvalue weighted by atomic mass is 10.0. The third kappa shape index (κ3) is 3.65. The van der Waals surface area contributed by atoms with Gasteiger partial charge in [-0.05, 0) is 37.3 Å². The summed E-state index contributed by atoms with van der Waals surface area (Å²) in [5, 5.41) is 5.53. The van der Waals surface area contributed by atoms with Crippen LogP contribution in [0.4, 0.5) is 0 Å². The van der Waals surface area contributed by atoms with Crippen molar-refractivity contribution in [3.63, 3.8) is 0 Å². The maximum Gasteiger partial charge on any atom is 0.279 e. The minimum Gasteiger partial charge on any atom is -0.494 e. The summed E-state index contributed by atoms with van der Waals surface area (Å²) >= 11 is 0. The fourth-order valence-electron chi connectivity index (χ4n) is 4.36. The number of rotatable bonds is 4. The van der Waals surface area contributed by atoms with E-state index >= 15 is 0 Å². The molecule has 0 unspecified atom stereocenters. The van der Waals surface area contributed by atoms with Crippen molar-refractivity contribution in [1.29, 1.82) is 0 Å². The van der Waals surface area contributed by atoms with Crippen molar-refractivity contribution < 1.29 is 19.0 Å². The molecular weight excluding hydrogens is 410 g/mol. The van der Waals surface area contributed by atoms with Crippen molar-refractivity contribution in [1.82, 2.24) is 14.7 Å². The van der Waals surface area contributed by atoms with E-state index in [0.29, 0.717) is 68.0 Å². The zero-order valence-corrected chi connectivity index (χ0v) is 18.0. The van der Waals surface area contributed by atoms with Crippen LogP contribution in [0.5, 0.6) is 5.75 Å². The summed E-state index contributed by atoms with van der Waals surface area (Å²) in [5.41, 5.74) is 0.563. The van der Waals surface area contributed by atoms with Gasteiger partial charge in [-0.1, -0.05) is 18.2 Å². The number of hydrogen-bond donors (Lipinski definition) is 0. The molecule has 166 valence electrons. The van der Waals surface area contributed by atoms with Crippen molar-refractivity contribution in [2.24, 2.45) is 0 Å². The number of piperidine rings is 1. The van der Waals surface area contributed by atoms with Crippen LogP contribution in [-0.2, 0) is 9.47 Å². The molecule has 0 N–H and O–H groups in total. The number of ether oxygens (including phenoxy) is 3. The molecule has 3 heterocycles. The number of fused-ring (bicyclic) bond motifs is 1. The smallest absolute Gasteiger partial charge is 0.279 e. The molecule has 3 aromatic rings. The zero-order chi connectivity index (χ0) is 22.1. The van der Waals surface area contributed by atoms with E-state index < -0.39 is 5.79 Å². The van der Waals surface area contributed by atoms with Crippen LogP contribution in [0.1, 0.15) is 30.3 Å². The van der Waals surface area contributed by atoms with Gasteiger partial charge in [0.2, 0.25) is 0 Å². The normalized spacial score (nSPS) is 17.7. The van der Waals surface area contributed by atoms with Gasteiger partial charge in [-0.15, -0.1) is 0 Å². The Morgan fingerprint density at radius 1 is 1.03 bits per heavy atom. The first-order valence-corrected chi connectivity index (χ1v) is 10.9. The highest BCUT2D eigenvalue weighted by atomic mass is 16.7. The predicted octanol–water partition coefficient (Wildman–Crippen LogP) is 2.76. The first-order valence-electron chi connectivity index (χ1n) is 10.9. The van der Waals surface area contributed by atoms with E-state index in [1.54, 1.807) is 47.4 Å². The molecular formula is C24H25N3O5. The van der Waals surface area contributed by atoms with Crippen LogP contribution < -0.4 is 10.3 Å². The quantitative estimate of drug-likeness (QED) is 0.627. The Morgan fingerprint density at radius 3 is 2.34 bits per heavy atom. The molecule has 1 aromatic heterocycles. The molecule has 5 rings (SSSR count). The van der Waals surface area contributed by atoms with Gasteiger partial charge in [-0.2, -0.15) is 9.78 Å². The van der Waals surface area contributed by atoms with Crippen molar-refractivity contribution in [3.8, 4) is 11.4 Å². The van der Waals surface area contributed by atoms with Gasteiger partial charge < -0.3 is 19.1 Å². The minimum atomic E-state index is -0.562. The van der Waals surface area contributed by atoms with Gasteiger partial charge in [0.1, 0.15) is 5.75 Å². The highest BCUT2D eigenvalue weighted by Crippen LogP contribution is 2.32. The average Bonchev–Trinajstić information content (AvgIpc) is 3.28. The lowest BCUT2D eigenvalue weighted by molar-refractivity contribution is -0.181. The van der Waals surface area contributed by atoms with Gasteiger partial charge in [0.25, 0.3) is 11.5 Å². The summed E-state index contributed by atoms with van der Waals surface area (Å²) in [5.74, 6) is -0.0541. The largest absolute Gasteiger partial charge is 0.494 e. The van der Waals surface area contributed by atoms with Gasteiger partial charge in [0.05, 0.1) is 30.9 Å². The number of carbonyl (C=O) groups is 1. The highest BCUT2D eigenvalue weighted by molar-refractivity contribution is 6.04. The van der Waals surface area contributed by atoms with E-state index in [-0.39, 0.29) is 17.2 Å². The molecule has 0 bridgehead atoms. The first kappa shape index (κ1) is 20.7. The molecule has 0 radical (unpaired) electrons. The maximum absolute atomic E-state index is 13.5. The summed E-state index contributed by atoms with van der Waals surface area (Å²) < 4.78 is 18.3. The van der Waals surface area contributed by atoms with Crippen LogP contribution >= 0.6 is 0 Å². The van der Waals surface area contributed by atoms with Crippen LogP contribution in [-0.4, -0.2) is 59.3 Å². The number of likely N-dealkylation sites (tertiary alicyclic amines) is 1. The topological polar surface area (TPSA) is 82.9 Å². The number of nitrogens with zero attached hydrogens (tertiary/aromatic N) is 3. The lowest BCUT2D eigenvalue weighted by Gasteiger charge is -2.37. The Balaban J connectivity index is 1.52. The third-order valence-electron chi connectivity index (χ3n) is 6.03. The van der Waals surface area contributed by atoms with Gasteiger partial charge in [0, 0.05) is 31.3 Å². The van der Waals surface area contributed by atoms with Crippen LogP contribution in [0, 0.1) is 0 Å². The second-order valence-electron chi connectivity index (χ2n) is 7.94. The maximum atomic E-state index is 13.5. The molecule has 2 aliphatic rings. The van der Waals surface area contributed by atoms with E-state index in [0.717, 1.165) is 0 Å². The number of aromatic nitrogens is 2. The molecule has 1 amide bonds. The zero-order valence-electron chi connectivity index (χ0n) is 18.0. The van der Waals surface area contributed by atoms with Crippen molar-refractivity contribution >= 4 is 16.7 Å². The van der Waals surface area contributed by atoms with Crippen LogP contribution in [0.2, 0.25) is 0 Å². The summed E-state index contributed by atoms with van der Waals surface area (Å²) in [7, 11) is 0. The molecule has 2 saturated heterocycles. The average molecular weight is 435 g/mol.